The molecule has 0 aliphatic heterocycles. The van der Waals surface area contributed by atoms with Crippen molar-refractivity contribution in [2.75, 3.05) is 25.7 Å². The zero-order chi connectivity index (χ0) is 22.7. The molecular formula is C23H25N5O3S. The molecule has 2 heterocycles. The molecular weight excluding hydrogens is 426 g/mol. The van der Waals surface area contributed by atoms with Crippen molar-refractivity contribution in [2.24, 2.45) is 0 Å². The molecule has 1 amide bonds. The number of anilines is 1. The van der Waals surface area contributed by atoms with E-state index in [4.69, 9.17) is 4.74 Å². The van der Waals surface area contributed by atoms with Crippen molar-refractivity contribution in [1.82, 2.24) is 19.2 Å². The van der Waals surface area contributed by atoms with Gasteiger partial charge in [0.05, 0.1) is 16.2 Å². The predicted molar refractivity (Wildman–Crippen MR) is 126 cm³/mol. The summed E-state index contributed by atoms with van der Waals surface area (Å²) < 4.78 is 8.63. The second-order valence-corrected chi connectivity index (χ2v) is 8.74. The number of aryl methyl sites for hydroxylation is 1. The highest BCUT2D eigenvalue weighted by Gasteiger charge is 2.24. The van der Waals surface area contributed by atoms with Gasteiger partial charge in [-0.25, -0.2) is 0 Å². The van der Waals surface area contributed by atoms with E-state index in [1.165, 1.54) is 11.8 Å². The molecule has 0 saturated heterocycles. The number of carbonyl (C=O) groups is 1. The largest absolute Gasteiger partial charge is 0.385 e. The molecule has 1 unspecified atom stereocenters. The van der Waals surface area contributed by atoms with Crippen molar-refractivity contribution in [3.8, 4) is 0 Å². The molecule has 166 valence electrons. The lowest BCUT2D eigenvalue weighted by molar-refractivity contribution is -0.117. The number of amides is 1. The van der Waals surface area contributed by atoms with Gasteiger partial charge in [-0.2, -0.15) is 0 Å². The molecule has 8 nitrogen and oxygen atoms in total. The lowest BCUT2D eigenvalue weighted by Gasteiger charge is -2.21. The van der Waals surface area contributed by atoms with Gasteiger partial charge < -0.3 is 9.64 Å². The highest BCUT2D eigenvalue weighted by Crippen LogP contribution is 2.27. The van der Waals surface area contributed by atoms with Crippen LogP contribution >= 0.6 is 11.8 Å². The molecule has 4 rings (SSSR count). The lowest BCUT2D eigenvalue weighted by atomic mass is 10.2. The molecule has 0 spiro atoms. The number of fused-ring (bicyclic) bond motifs is 3. The SMILES string of the molecule is COCCCn1c(=O)c2ccccc2n2c(SC(C)C(=O)N(C)c3ccccc3)nnc12. The fourth-order valence-electron chi connectivity index (χ4n) is 3.64. The summed E-state index contributed by atoms with van der Waals surface area (Å²) in [4.78, 5) is 27.8. The van der Waals surface area contributed by atoms with Crippen LogP contribution in [0.15, 0.2) is 64.5 Å². The number of para-hydroxylation sites is 2. The van der Waals surface area contributed by atoms with Gasteiger partial charge >= 0.3 is 0 Å². The maximum Gasteiger partial charge on any atom is 0.262 e. The third-order valence-electron chi connectivity index (χ3n) is 5.31. The maximum absolute atomic E-state index is 13.1. The van der Waals surface area contributed by atoms with E-state index >= 15 is 0 Å². The molecule has 2 aromatic heterocycles. The van der Waals surface area contributed by atoms with E-state index in [1.54, 1.807) is 29.7 Å². The van der Waals surface area contributed by atoms with Crippen molar-refractivity contribution >= 4 is 40.0 Å². The molecule has 1 atom stereocenters. The predicted octanol–water partition coefficient (Wildman–Crippen LogP) is 3.22. The Labute approximate surface area is 189 Å². The van der Waals surface area contributed by atoms with Crippen LogP contribution in [0.4, 0.5) is 5.69 Å². The number of ether oxygens (including phenoxy) is 1. The van der Waals surface area contributed by atoms with E-state index in [1.807, 2.05) is 59.9 Å². The first-order valence-corrected chi connectivity index (χ1v) is 11.3. The van der Waals surface area contributed by atoms with Gasteiger partial charge in [-0.15, -0.1) is 10.2 Å². The summed E-state index contributed by atoms with van der Waals surface area (Å²) in [6.07, 6.45) is 0.677. The first-order chi connectivity index (χ1) is 15.5. The van der Waals surface area contributed by atoms with Crippen LogP contribution in [-0.2, 0) is 16.1 Å². The summed E-state index contributed by atoms with van der Waals surface area (Å²) in [5.41, 5.74) is 1.44. The zero-order valence-electron chi connectivity index (χ0n) is 18.3. The molecule has 2 aromatic carbocycles. The van der Waals surface area contributed by atoms with Crippen LogP contribution in [0.3, 0.4) is 0 Å². The Morgan fingerprint density at radius 2 is 1.84 bits per heavy atom. The first-order valence-electron chi connectivity index (χ1n) is 10.4. The van der Waals surface area contributed by atoms with Crippen LogP contribution < -0.4 is 10.5 Å². The van der Waals surface area contributed by atoms with Gasteiger partial charge in [-0.05, 0) is 37.6 Å². The van der Waals surface area contributed by atoms with Crippen molar-refractivity contribution in [3.63, 3.8) is 0 Å². The van der Waals surface area contributed by atoms with Gasteiger partial charge in [0.1, 0.15) is 0 Å². The van der Waals surface area contributed by atoms with Crippen LogP contribution in [0.25, 0.3) is 16.7 Å². The van der Waals surface area contributed by atoms with Gasteiger partial charge in [0.15, 0.2) is 5.16 Å². The number of benzene rings is 2. The van der Waals surface area contributed by atoms with Crippen LogP contribution in [0.1, 0.15) is 13.3 Å². The van der Waals surface area contributed by atoms with Crippen molar-refractivity contribution in [2.45, 2.75) is 30.3 Å². The minimum Gasteiger partial charge on any atom is -0.385 e. The molecule has 0 aliphatic rings. The highest BCUT2D eigenvalue weighted by atomic mass is 32.2. The van der Waals surface area contributed by atoms with Crippen LogP contribution in [-0.4, -0.2) is 51.1 Å². The Morgan fingerprint density at radius 1 is 1.12 bits per heavy atom. The van der Waals surface area contributed by atoms with E-state index in [0.29, 0.717) is 35.9 Å². The minimum absolute atomic E-state index is 0.0457. The summed E-state index contributed by atoms with van der Waals surface area (Å²) in [6.45, 7) is 2.86. The summed E-state index contributed by atoms with van der Waals surface area (Å²) in [7, 11) is 3.40. The van der Waals surface area contributed by atoms with E-state index < -0.39 is 5.25 Å². The maximum atomic E-state index is 13.1. The van der Waals surface area contributed by atoms with Gasteiger partial charge in [0, 0.05) is 33.0 Å². The fourth-order valence-corrected chi connectivity index (χ4v) is 4.59. The smallest absolute Gasteiger partial charge is 0.262 e. The van der Waals surface area contributed by atoms with E-state index in [0.717, 1.165) is 11.2 Å². The number of rotatable bonds is 8. The standard InChI is InChI=1S/C23H25N5O3S/c1-16(20(29)26(2)17-10-5-4-6-11-17)32-23-25-24-22-27(14-9-15-31-3)21(30)18-12-7-8-13-19(18)28(22)23/h4-8,10-13,16H,9,14-15H2,1-3H3. The van der Waals surface area contributed by atoms with Crippen LogP contribution in [0.5, 0.6) is 0 Å². The highest BCUT2D eigenvalue weighted by molar-refractivity contribution is 8.00. The Bertz CT molecular complexity index is 1300. The number of thioether (sulfide) groups is 1. The normalized spacial score (nSPS) is 12.3. The van der Waals surface area contributed by atoms with Gasteiger partial charge in [-0.3, -0.25) is 18.6 Å². The van der Waals surface area contributed by atoms with Gasteiger partial charge in [0.25, 0.3) is 5.56 Å². The van der Waals surface area contributed by atoms with Crippen molar-refractivity contribution in [1.29, 1.82) is 0 Å². The Balaban J connectivity index is 1.72. The Kier molecular flexibility index (Phi) is 6.57. The lowest BCUT2D eigenvalue weighted by Crippen LogP contribution is -2.33. The average Bonchev–Trinajstić information content (AvgIpc) is 3.24. The zero-order valence-corrected chi connectivity index (χ0v) is 19.1. The molecule has 0 fully saturated rings. The number of carbonyl (C=O) groups excluding carboxylic acids is 1. The molecule has 0 aliphatic carbocycles. The van der Waals surface area contributed by atoms with E-state index in [2.05, 4.69) is 10.2 Å². The monoisotopic (exact) mass is 451 g/mol. The first kappa shape index (κ1) is 22.0. The number of aromatic nitrogens is 4. The molecule has 0 saturated carbocycles. The van der Waals surface area contributed by atoms with E-state index in [9.17, 15) is 9.59 Å². The molecule has 4 aromatic rings. The average molecular weight is 452 g/mol. The molecule has 32 heavy (non-hydrogen) atoms. The third-order valence-corrected chi connectivity index (χ3v) is 6.34. The summed E-state index contributed by atoms with van der Waals surface area (Å²) in [5, 5.41) is 9.41. The van der Waals surface area contributed by atoms with Crippen molar-refractivity contribution in [3.05, 3.63) is 65.0 Å². The third kappa shape index (κ3) is 4.13. The minimum atomic E-state index is -0.403. The number of hydrogen-bond donors (Lipinski definition) is 0. The Morgan fingerprint density at radius 3 is 2.59 bits per heavy atom. The van der Waals surface area contributed by atoms with Gasteiger partial charge in [-0.1, -0.05) is 42.1 Å². The van der Waals surface area contributed by atoms with E-state index in [-0.39, 0.29) is 11.5 Å². The number of methoxy groups -OCH3 is 1. The summed E-state index contributed by atoms with van der Waals surface area (Å²) in [6, 6.07) is 16.9. The van der Waals surface area contributed by atoms with Crippen LogP contribution in [0.2, 0.25) is 0 Å². The molecule has 0 radical (unpaired) electrons. The molecule has 9 heteroatoms. The topological polar surface area (TPSA) is 81.7 Å². The summed E-state index contributed by atoms with van der Waals surface area (Å²) in [5.74, 6) is 0.416. The second kappa shape index (κ2) is 9.54. The number of hydrogen-bond acceptors (Lipinski definition) is 6. The Hall–Kier alpha value is -3.17. The second-order valence-electron chi connectivity index (χ2n) is 7.43. The van der Waals surface area contributed by atoms with Crippen molar-refractivity contribution < 1.29 is 9.53 Å². The fraction of sp³-hybridized carbons (Fsp3) is 0.304. The van der Waals surface area contributed by atoms with Crippen LogP contribution in [0, 0.1) is 0 Å². The quantitative estimate of drug-likeness (QED) is 0.302. The molecule has 0 bridgehead atoms. The summed E-state index contributed by atoms with van der Waals surface area (Å²) >= 11 is 1.33. The molecule has 0 N–H and O–H groups in total. The number of nitrogens with zero attached hydrogens (tertiary/aromatic N) is 5. The van der Waals surface area contributed by atoms with Gasteiger partial charge in [0.2, 0.25) is 11.7 Å².